The van der Waals surface area contributed by atoms with Gasteiger partial charge in [0.05, 0.1) is 0 Å². The van der Waals surface area contributed by atoms with Crippen LogP contribution in [-0.4, -0.2) is 5.97 Å². The molecule has 0 unspecified atom stereocenters. The number of benzene rings is 1. The average molecular weight is 175 g/mol. The van der Waals surface area contributed by atoms with Crippen molar-refractivity contribution >= 4 is 12.0 Å². The van der Waals surface area contributed by atoms with Gasteiger partial charge in [-0.1, -0.05) is 42.5 Å². The van der Waals surface area contributed by atoms with Gasteiger partial charge in [0.15, 0.2) is 0 Å². The lowest BCUT2D eigenvalue weighted by Crippen LogP contribution is -2.21. The zero-order valence-electron chi connectivity index (χ0n) is 7.27. The molecule has 0 aliphatic rings. The Bertz CT molecular complexity index is 288. The van der Waals surface area contributed by atoms with E-state index < -0.39 is 5.97 Å². The summed E-state index contributed by atoms with van der Waals surface area (Å²) in [6.07, 6.45) is 4.36. The van der Waals surface area contributed by atoms with Crippen molar-refractivity contribution in [1.82, 2.24) is 0 Å². The zero-order chi connectivity index (χ0) is 9.52. The van der Waals surface area contributed by atoms with Crippen molar-refractivity contribution in [2.24, 2.45) is 0 Å². The summed E-state index contributed by atoms with van der Waals surface area (Å²) in [6.45, 7) is 0. The van der Waals surface area contributed by atoms with E-state index in [2.05, 4.69) is 0 Å². The Hall–Kier alpha value is -1.57. The van der Waals surface area contributed by atoms with E-state index in [-0.39, 0.29) is 6.42 Å². The molecule has 0 saturated heterocycles. The number of aliphatic carboxylic acids is 1. The summed E-state index contributed by atoms with van der Waals surface area (Å²) < 4.78 is 0. The fourth-order valence-corrected chi connectivity index (χ4v) is 0.985. The number of carboxylic acid groups (broad SMARTS) is 1. The fraction of sp³-hybridized carbons (Fsp3) is 0.182. The van der Waals surface area contributed by atoms with E-state index in [0.717, 1.165) is 5.56 Å². The molecule has 0 amide bonds. The van der Waals surface area contributed by atoms with Crippen molar-refractivity contribution in [3.63, 3.8) is 0 Å². The van der Waals surface area contributed by atoms with Crippen LogP contribution in [0.1, 0.15) is 18.4 Å². The Labute approximate surface area is 77.5 Å². The van der Waals surface area contributed by atoms with Gasteiger partial charge >= 0.3 is 0 Å². The molecule has 0 aromatic heterocycles. The predicted octanol–water partition coefficient (Wildman–Crippen LogP) is 1.23. The van der Waals surface area contributed by atoms with Gasteiger partial charge in [-0.15, -0.1) is 0 Å². The van der Waals surface area contributed by atoms with Crippen LogP contribution in [0.5, 0.6) is 0 Å². The highest BCUT2D eigenvalue weighted by Crippen LogP contribution is 2.02. The minimum absolute atomic E-state index is 0.0866. The number of hydrogen-bond acceptors (Lipinski definition) is 2. The normalized spacial score (nSPS) is 10.5. The lowest BCUT2D eigenvalue weighted by Gasteiger charge is -1.96. The van der Waals surface area contributed by atoms with Crippen molar-refractivity contribution in [2.45, 2.75) is 12.8 Å². The molecular formula is C11H11O2-. The van der Waals surface area contributed by atoms with Gasteiger partial charge in [-0.05, 0) is 18.4 Å². The molecule has 0 N–H and O–H groups in total. The monoisotopic (exact) mass is 175 g/mol. The van der Waals surface area contributed by atoms with Gasteiger partial charge in [0.1, 0.15) is 0 Å². The second-order valence-electron chi connectivity index (χ2n) is 2.72. The maximum Gasteiger partial charge on any atom is 0.0417 e. The minimum atomic E-state index is -1.00. The molecule has 0 atom stereocenters. The number of carboxylic acids is 1. The zero-order valence-corrected chi connectivity index (χ0v) is 7.27. The summed E-state index contributed by atoms with van der Waals surface area (Å²) >= 11 is 0. The third-order valence-electron chi connectivity index (χ3n) is 1.63. The summed E-state index contributed by atoms with van der Waals surface area (Å²) in [4.78, 5) is 10.1. The van der Waals surface area contributed by atoms with Gasteiger partial charge in [0, 0.05) is 5.97 Å². The Kier molecular flexibility index (Phi) is 3.76. The van der Waals surface area contributed by atoms with Gasteiger partial charge in [0.25, 0.3) is 0 Å². The van der Waals surface area contributed by atoms with Crippen LogP contribution in [0.4, 0.5) is 0 Å². The van der Waals surface area contributed by atoms with Crippen LogP contribution in [0.2, 0.25) is 0 Å². The molecule has 2 heteroatoms. The number of hydrogen-bond donors (Lipinski definition) is 0. The number of allylic oxidation sites excluding steroid dienone is 1. The first-order valence-corrected chi connectivity index (χ1v) is 4.20. The lowest BCUT2D eigenvalue weighted by atomic mass is 10.2. The fourth-order valence-electron chi connectivity index (χ4n) is 0.985. The van der Waals surface area contributed by atoms with Crippen molar-refractivity contribution in [2.75, 3.05) is 0 Å². The molecule has 13 heavy (non-hydrogen) atoms. The standard InChI is InChI=1S/C11H12O2/c12-11(13)9-5-4-8-10-6-2-1-3-7-10/h1-4,6-8H,5,9H2,(H,12,13)/p-1/b8-4+. The van der Waals surface area contributed by atoms with Crippen LogP contribution in [0.15, 0.2) is 36.4 Å². The largest absolute Gasteiger partial charge is 0.550 e. The highest BCUT2D eigenvalue weighted by molar-refractivity contribution is 5.64. The first kappa shape index (κ1) is 9.52. The summed E-state index contributed by atoms with van der Waals surface area (Å²) in [5.41, 5.74) is 1.08. The molecule has 0 fully saturated rings. The highest BCUT2D eigenvalue weighted by atomic mass is 16.4. The van der Waals surface area contributed by atoms with Crippen molar-refractivity contribution < 1.29 is 9.90 Å². The topological polar surface area (TPSA) is 40.1 Å². The maximum atomic E-state index is 10.1. The lowest BCUT2D eigenvalue weighted by molar-refractivity contribution is -0.305. The molecule has 0 aliphatic heterocycles. The molecular weight excluding hydrogens is 164 g/mol. The maximum absolute atomic E-state index is 10.1. The summed E-state index contributed by atoms with van der Waals surface area (Å²) in [7, 11) is 0. The van der Waals surface area contributed by atoms with Crippen LogP contribution in [-0.2, 0) is 4.79 Å². The van der Waals surface area contributed by atoms with E-state index in [9.17, 15) is 9.90 Å². The van der Waals surface area contributed by atoms with Crippen LogP contribution in [0.3, 0.4) is 0 Å². The van der Waals surface area contributed by atoms with Crippen molar-refractivity contribution in [1.29, 1.82) is 0 Å². The van der Waals surface area contributed by atoms with Gasteiger partial charge in [-0.25, -0.2) is 0 Å². The molecule has 0 aliphatic carbocycles. The number of carbonyl (C=O) groups is 1. The molecule has 2 nitrogen and oxygen atoms in total. The molecule has 0 spiro atoms. The average Bonchev–Trinajstić information content (AvgIpc) is 2.14. The third-order valence-corrected chi connectivity index (χ3v) is 1.63. The van der Waals surface area contributed by atoms with E-state index in [0.29, 0.717) is 6.42 Å². The molecule has 1 aromatic carbocycles. The third kappa shape index (κ3) is 4.11. The molecule has 0 radical (unpaired) electrons. The molecule has 0 bridgehead atoms. The molecule has 0 saturated carbocycles. The van der Waals surface area contributed by atoms with E-state index in [1.807, 2.05) is 42.5 Å². The van der Waals surface area contributed by atoms with Crippen LogP contribution < -0.4 is 5.11 Å². The van der Waals surface area contributed by atoms with Gasteiger partial charge in [0.2, 0.25) is 0 Å². The molecule has 1 aromatic rings. The van der Waals surface area contributed by atoms with Gasteiger partial charge < -0.3 is 9.90 Å². The Morgan fingerprint density at radius 1 is 1.31 bits per heavy atom. The Morgan fingerprint density at radius 2 is 2.00 bits per heavy atom. The van der Waals surface area contributed by atoms with E-state index in [1.165, 1.54) is 0 Å². The molecule has 0 heterocycles. The first-order chi connectivity index (χ1) is 6.29. The van der Waals surface area contributed by atoms with Crippen molar-refractivity contribution in [3.8, 4) is 0 Å². The first-order valence-electron chi connectivity index (χ1n) is 4.20. The van der Waals surface area contributed by atoms with Crippen LogP contribution >= 0.6 is 0 Å². The quantitative estimate of drug-likeness (QED) is 0.690. The van der Waals surface area contributed by atoms with E-state index in [1.54, 1.807) is 0 Å². The SMILES string of the molecule is O=C([O-])CC/C=C/c1ccccc1. The summed E-state index contributed by atoms with van der Waals surface area (Å²) in [6, 6.07) is 9.76. The predicted molar refractivity (Wildman–Crippen MR) is 49.7 cm³/mol. The summed E-state index contributed by atoms with van der Waals surface area (Å²) in [5, 5.41) is 10.1. The van der Waals surface area contributed by atoms with E-state index >= 15 is 0 Å². The smallest absolute Gasteiger partial charge is 0.0417 e. The van der Waals surface area contributed by atoms with E-state index in [4.69, 9.17) is 0 Å². The Balaban J connectivity index is 2.37. The number of carbonyl (C=O) groups excluding carboxylic acids is 1. The minimum Gasteiger partial charge on any atom is -0.550 e. The second kappa shape index (κ2) is 5.14. The van der Waals surface area contributed by atoms with Crippen molar-refractivity contribution in [3.05, 3.63) is 42.0 Å². The number of rotatable bonds is 4. The molecule has 68 valence electrons. The van der Waals surface area contributed by atoms with Crippen LogP contribution in [0, 0.1) is 0 Å². The second-order valence-corrected chi connectivity index (χ2v) is 2.72. The van der Waals surface area contributed by atoms with Gasteiger partial charge in [-0.2, -0.15) is 0 Å². The highest BCUT2D eigenvalue weighted by Gasteiger charge is 1.84. The Morgan fingerprint density at radius 3 is 2.62 bits per heavy atom. The summed E-state index contributed by atoms with van der Waals surface area (Å²) in [5.74, 6) is -1.00. The molecule has 1 rings (SSSR count). The van der Waals surface area contributed by atoms with Gasteiger partial charge in [-0.3, -0.25) is 0 Å². The van der Waals surface area contributed by atoms with Crippen LogP contribution in [0.25, 0.3) is 6.08 Å².